The molecule has 0 aromatic heterocycles. The molecule has 1 saturated heterocycles. The molecule has 70 valence electrons. The minimum atomic E-state index is -0.791. The maximum absolute atomic E-state index is 10.5. The van der Waals surface area contributed by atoms with Gasteiger partial charge in [0, 0.05) is 13.1 Å². The van der Waals surface area contributed by atoms with Gasteiger partial charge in [-0.3, -0.25) is 4.79 Å². The summed E-state index contributed by atoms with van der Waals surface area (Å²) in [5.41, 5.74) is -0.468. The van der Waals surface area contributed by atoms with Gasteiger partial charge in [-0.1, -0.05) is 6.92 Å². The predicted octanol–water partition coefficient (Wildman–Crippen LogP) is 0.230. The van der Waals surface area contributed by atoms with Crippen molar-refractivity contribution < 1.29 is 14.6 Å². The van der Waals surface area contributed by atoms with Crippen LogP contribution in [0.5, 0.6) is 0 Å². The molecule has 1 aliphatic rings. The van der Waals surface area contributed by atoms with Crippen LogP contribution in [0, 0.1) is 0 Å². The van der Waals surface area contributed by atoms with Crippen molar-refractivity contribution in [3.63, 3.8) is 0 Å². The lowest BCUT2D eigenvalue weighted by molar-refractivity contribution is -0.148. The predicted molar refractivity (Wildman–Crippen MR) is 44.1 cm³/mol. The van der Waals surface area contributed by atoms with Crippen molar-refractivity contribution in [2.24, 2.45) is 0 Å². The molecule has 0 radical (unpaired) electrons. The SMILES string of the molecule is CCC1(CC(=O)O)CNCCO1. The maximum atomic E-state index is 10.5. The molecule has 2 N–H and O–H groups in total. The molecule has 0 aromatic carbocycles. The summed E-state index contributed by atoms with van der Waals surface area (Å²) in [6, 6.07) is 0. The quantitative estimate of drug-likeness (QED) is 0.641. The van der Waals surface area contributed by atoms with E-state index in [1.165, 1.54) is 0 Å². The summed E-state index contributed by atoms with van der Waals surface area (Å²) in [7, 11) is 0. The summed E-state index contributed by atoms with van der Waals surface area (Å²) in [6.45, 7) is 4.04. The molecular weight excluding hydrogens is 158 g/mol. The lowest BCUT2D eigenvalue weighted by atomic mass is 9.95. The Kier molecular flexibility index (Phi) is 3.05. The molecular formula is C8H15NO3. The molecule has 1 fully saturated rings. The van der Waals surface area contributed by atoms with Crippen LogP contribution >= 0.6 is 0 Å². The zero-order chi connectivity index (χ0) is 9.03. The summed E-state index contributed by atoms with van der Waals surface area (Å²) >= 11 is 0. The molecule has 0 aromatic rings. The van der Waals surface area contributed by atoms with Crippen LogP contribution in [-0.2, 0) is 9.53 Å². The summed E-state index contributed by atoms with van der Waals surface area (Å²) in [6.07, 6.45) is 0.836. The van der Waals surface area contributed by atoms with E-state index in [1.807, 2.05) is 6.92 Å². The average Bonchev–Trinajstić information content (AvgIpc) is 2.05. The fourth-order valence-electron chi connectivity index (χ4n) is 1.45. The van der Waals surface area contributed by atoms with Gasteiger partial charge in [-0.2, -0.15) is 0 Å². The molecule has 1 aliphatic heterocycles. The summed E-state index contributed by atoms with van der Waals surface area (Å²) < 4.78 is 5.48. The summed E-state index contributed by atoms with van der Waals surface area (Å²) in [4.78, 5) is 10.5. The van der Waals surface area contributed by atoms with Crippen molar-refractivity contribution >= 4 is 5.97 Å². The highest BCUT2D eigenvalue weighted by atomic mass is 16.5. The molecule has 1 rings (SSSR count). The van der Waals surface area contributed by atoms with Gasteiger partial charge in [0.25, 0.3) is 0 Å². The fourth-order valence-corrected chi connectivity index (χ4v) is 1.45. The lowest BCUT2D eigenvalue weighted by Gasteiger charge is -2.35. The van der Waals surface area contributed by atoms with Gasteiger partial charge >= 0.3 is 5.97 Å². The number of rotatable bonds is 3. The maximum Gasteiger partial charge on any atom is 0.306 e. The van der Waals surface area contributed by atoms with Crippen molar-refractivity contribution in [2.75, 3.05) is 19.7 Å². The highest BCUT2D eigenvalue weighted by molar-refractivity contribution is 5.68. The van der Waals surface area contributed by atoms with E-state index in [9.17, 15) is 4.79 Å². The third-order valence-electron chi connectivity index (χ3n) is 2.25. The standard InChI is InChI=1S/C8H15NO3/c1-2-8(5-7(10)11)6-9-3-4-12-8/h9H,2-6H2,1H3,(H,10,11). The number of hydrogen-bond acceptors (Lipinski definition) is 3. The molecule has 0 aliphatic carbocycles. The Morgan fingerprint density at radius 1 is 1.75 bits per heavy atom. The topological polar surface area (TPSA) is 58.6 Å². The summed E-state index contributed by atoms with van der Waals surface area (Å²) in [5, 5.41) is 11.8. The Morgan fingerprint density at radius 2 is 2.50 bits per heavy atom. The molecule has 4 heteroatoms. The van der Waals surface area contributed by atoms with Gasteiger partial charge in [0.15, 0.2) is 0 Å². The zero-order valence-corrected chi connectivity index (χ0v) is 7.30. The van der Waals surface area contributed by atoms with Crippen LogP contribution in [-0.4, -0.2) is 36.4 Å². The van der Waals surface area contributed by atoms with Gasteiger partial charge in [-0.15, -0.1) is 0 Å². The number of hydrogen-bond donors (Lipinski definition) is 2. The minimum absolute atomic E-state index is 0.0938. The van der Waals surface area contributed by atoms with Crippen LogP contribution in [0.4, 0.5) is 0 Å². The van der Waals surface area contributed by atoms with Crippen LogP contribution < -0.4 is 5.32 Å². The summed E-state index contributed by atoms with van der Waals surface area (Å²) in [5.74, 6) is -0.791. The van der Waals surface area contributed by atoms with E-state index in [4.69, 9.17) is 9.84 Å². The average molecular weight is 173 g/mol. The Labute approximate surface area is 71.9 Å². The second kappa shape index (κ2) is 3.87. The smallest absolute Gasteiger partial charge is 0.306 e. The first kappa shape index (κ1) is 9.48. The van der Waals surface area contributed by atoms with Crippen molar-refractivity contribution in [3.8, 4) is 0 Å². The van der Waals surface area contributed by atoms with Gasteiger partial charge < -0.3 is 15.2 Å². The van der Waals surface area contributed by atoms with Gasteiger partial charge in [0.2, 0.25) is 0 Å². The van der Waals surface area contributed by atoms with Crippen LogP contribution in [0.1, 0.15) is 19.8 Å². The highest BCUT2D eigenvalue weighted by Gasteiger charge is 2.33. The second-order valence-electron chi connectivity index (χ2n) is 3.13. The second-order valence-corrected chi connectivity index (χ2v) is 3.13. The van der Waals surface area contributed by atoms with E-state index in [2.05, 4.69) is 5.32 Å². The Balaban J connectivity index is 2.53. The molecule has 0 spiro atoms. The van der Waals surface area contributed by atoms with E-state index in [1.54, 1.807) is 0 Å². The molecule has 12 heavy (non-hydrogen) atoms. The van der Waals surface area contributed by atoms with Crippen molar-refractivity contribution in [1.82, 2.24) is 5.32 Å². The third-order valence-corrected chi connectivity index (χ3v) is 2.25. The molecule has 1 atom stereocenters. The molecule has 4 nitrogen and oxygen atoms in total. The van der Waals surface area contributed by atoms with Gasteiger partial charge in [-0.25, -0.2) is 0 Å². The van der Waals surface area contributed by atoms with Gasteiger partial charge in [0.1, 0.15) is 0 Å². The number of carboxylic acid groups (broad SMARTS) is 1. The van der Waals surface area contributed by atoms with Crippen molar-refractivity contribution in [2.45, 2.75) is 25.4 Å². The van der Waals surface area contributed by atoms with E-state index < -0.39 is 11.6 Å². The Morgan fingerprint density at radius 3 is 2.92 bits per heavy atom. The molecule has 1 heterocycles. The van der Waals surface area contributed by atoms with Crippen LogP contribution in [0.25, 0.3) is 0 Å². The molecule has 1 unspecified atom stereocenters. The van der Waals surface area contributed by atoms with E-state index in [0.29, 0.717) is 13.2 Å². The lowest BCUT2D eigenvalue weighted by Crippen LogP contribution is -2.50. The first-order chi connectivity index (χ1) is 5.68. The van der Waals surface area contributed by atoms with E-state index in [0.717, 1.165) is 13.0 Å². The molecule has 0 amide bonds. The number of carboxylic acids is 1. The first-order valence-electron chi connectivity index (χ1n) is 4.25. The van der Waals surface area contributed by atoms with Crippen molar-refractivity contribution in [3.05, 3.63) is 0 Å². The van der Waals surface area contributed by atoms with Crippen molar-refractivity contribution in [1.29, 1.82) is 0 Å². The van der Waals surface area contributed by atoms with Crippen LogP contribution in [0.3, 0.4) is 0 Å². The normalized spacial score (nSPS) is 30.1. The van der Waals surface area contributed by atoms with E-state index >= 15 is 0 Å². The zero-order valence-electron chi connectivity index (χ0n) is 7.30. The van der Waals surface area contributed by atoms with Gasteiger partial charge in [-0.05, 0) is 6.42 Å². The van der Waals surface area contributed by atoms with Gasteiger partial charge in [0.05, 0.1) is 18.6 Å². The minimum Gasteiger partial charge on any atom is -0.481 e. The molecule has 0 saturated carbocycles. The Bertz CT molecular complexity index is 164. The fraction of sp³-hybridized carbons (Fsp3) is 0.875. The largest absolute Gasteiger partial charge is 0.481 e. The van der Waals surface area contributed by atoms with E-state index in [-0.39, 0.29) is 6.42 Å². The Hall–Kier alpha value is -0.610. The first-order valence-corrected chi connectivity index (χ1v) is 4.25. The third kappa shape index (κ3) is 2.19. The van der Waals surface area contributed by atoms with Crippen LogP contribution in [0.2, 0.25) is 0 Å². The number of morpholine rings is 1. The number of carbonyl (C=O) groups is 1. The molecule has 0 bridgehead atoms. The van der Waals surface area contributed by atoms with Crippen LogP contribution in [0.15, 0.2) is 0 Å². The number of aliphatic carboxylic acids is 1. The number of nitrogens with one attached hydrogen (secondary N) is 1. The monoisotopic (exact) mass is 173 g/mol. The number of ether oxygens (including phenoxy) is 1. The highest BCUT2D eigenvalue weighted by Crippen LogP contribution is 2.21.